The highest BCUT2D eigenvalue weighted by atomic mass is 15.1. The molecule has 0 aliphatic heterocycles. The Morgan fingerprint density at radius 2 is 2.00 bits per heavy atom. The lowest BCUT2D eigenvalue weighted by Gasteiger charge is -2.15. The van der Waals surface area contributed by atoms with Crippen molar-refractivity contribution in [3.05, 3.63) is 12.7 Å². The zero-order valence-corrected chi connectivity index (χ0v) is 11.3. The summed E-state index contributed by atoms with van der Waals surface area (Å²) in [6.45, 7) is 6.71. The molecule has 2 aromatic heterocycles. The van der Waals surface area contributed by atoms with Gasteiger partial charge in [0, 0.05) is 6.04 Å². The van der Waals surface area contributed by atoms with Crippen molar-refractivity contribution in [3.8, 4) is 0 Å². The van der Waals surface area contributed by atoms with E-state index in [-0.39, 0.29) is 0 Å². The topological polar surface area (TPSA) is 66.5 Å². The first-order valence-corrected chi connectivity index (χ1v) is 6.57. The molecule has 0 aliphatic carbocycles. The first kappa shape index (κ1) is 12.8. The van der Waals surface area contributed by atoms with Crippen LogP contribution in [0.5, 0.6) is 0 Å². The van der Waals surface area contributed by atoms with Gasteiger partial charge >= 0.3 is 0 Å². The Morgan fingerprint density at radius 1 is 1.17 bits per heavy atom. The van der Waals surface area contributed by atoms with Crippen LogP contribution in [0.2, 0.25) is 0 Å². The van der Waals surface area contributed by atoms with Crippen molar-refractivity contribution < 1.29 is 0 Å². The molecule has 0 fully saturated rings. The van der Waals surface area contributed by atoms with Gasteiger partial charge in [-0.05, 0) is 19.3 Å². The van der Waals surface area contributed by atoms with Crippen molar-refractivity contribution in [2.45, 2.75) is 46.1 Å². The lowest BCUT2D eigenvalue weighted by atomic mass is 10.0. The van der Waals surface area contributed by atoms with Crippen LogP contribution in [0.4, 0.5) is 5.82 Å². The van der Waals surface area contributed by atoms with Crippen molar-refractivity contribution in [3.63, 3.8) is 0 Å². The van der Waals surface area contributed by atoms with Gasteiger partial charge in [0.05, 0.1) is 6.33 Å². The Labute approximate surface area is 107 Å². The van der Waals surface area contributed by atoms with Crippen LogP contribution in [0.3, 0.4) is 0 Å². The third-order valence-corrected chi connectivity index (χ3v) is 3.02. The molecule has 0 saturated carbocycles. The number of aromatic nitrogens is 4. The minimum absolute atomic E-state index is 0.408. The summed E-state index contributed by atoms with van der Waals surface area (Å²) in [4.78, 5) is 15.6. The van der Waals surface area contributed by atoms with Gasteiger partial charge in [-0.25, -0.2) is 15.0 Å². The average molecular weight is 247 g/mol. The molecule has 18 heavy (non-hydrogen) atoms. The molecule has 2 heterocycles. The number of H-pyrrole nitrogens is 1. The molecule has 98 valence electrons. The molecule has 1 atom stereocenters. The number of hydrogen-bond acceptors (Lipinski definition) is 4. The maximum absolute atomic E-state index is 4.27. The number of hydrogen-bond donors (Lipinski definition) is 2. The molecule has 0 radical (unpaired) electrons. The van der Waals surface area contributed by atoms with Crippen LogP contribution in [0.15, 0.2) is 12.7 Å². The lowest BCUT2D eigenvalue weighted by molar-refractivity contribution is 0.520. The zero-order chi connectivity index (χ0) is 13.0. The summed E-state index contributed by atoms with van der Waals surface area (Å²) in [5.41, 5.74) is 1.59. The van der Waals surface area contributed by atoms with E-state index >= 15 is 0 Å². The largest absolute Gasteiger partial charge is 0.366 e. The van der Waals surface area contributed by atoms with Crippen molar-refractivity contribution in [1.82, 2.24) is 19.9 Å². The van der Waals surface area contributed by atoms with E-state index in [9.17, 15) is 0 Å². The normalized spacial score (nSPS) is 13.1. The molecule has 2 N–H and O–H groups in total. The van der Waals surface area contributed by atoms with Crippen molar-refractivity contribution in [2.75, 3.05) is 5.32 Å². The maximum Gasteiger partial charge on any atom is 0.182 e. The molecule has 1 unspecified atom stereocenters. The highest BCUT2D eigenvalue weighted by molar-refractivity contribution is 5.81. The van der Waals surface area contributed by atoms with Gasteiger partial charge in [0.1, 0.15) is 11.8 Å². The van der Waals surface area contributed by atoms with E-state index in [0.29, 0.717) is 11.7 Å². The van der Waals surface area contributed by atoms with Crippen LogP contribution in [-0.4, -0.2) is 26.0 Å². The number of fused-ring (bicyclic) bond motifs is 1. The van der Waals surface area contributed by atoms with Crippen LogP contribution in [0, 0.1) is 5.92 Å². The Hall–Kier alpha value is -1.65. The Balaban J connectivity index is 1.94. The first-order chi connectivity index (χ1) is 8.66. The second-order valence-electron chi connectivity index (χ2n) is 5.19. The molecule has 2 aromatic rings. The first-order valence-electron chi connectivity index (χ1n) is 6.57. The molecule has 0 aromatic carbocycles. The van der Waals surface area contributed by atoms with Gasteiger partial charge < -0.3 is 10.3 Å². The summed E-state index contributed by atoms with van der Waals surface area (Å²) >= 11 is 0. The lowest BCUT2D eigenvalue weighted by Crippen LogP contribution is -2.16. The average Bonchev–Trinajstić information content (AvgIpc) is 2.77. The third-order valence-electron chi connectivity index (χ3n) is 3.02. The molecule has 0 spiro atoms. The standard InChI is InChI=1S/C13H21N5/c1-9(2)5-4-6-10(3)18-13-11-12(15-7-14-11)16-8-17-13/h7-10H,4-6H2,1-3H3,(H2,14,15,16,17,18). The van der Waals surface area contributed by atoms with Crippen molar-refractivity contribution >= 4 is 17.0 Å². The summed E-state index contributed by atoms with van der Waals surface area (Å²) in [5, 5.41) is 3.42. The molecular weight excluding hydrogens is 226 g/mol. The highest BCUT2D eigenvalue weighted by Gasteiger charge is 2.08. The van der Waals surface area contributed by atoms with E-state index < -0.39 is 0 Å². The highest BCUT2D eigenvalue weighted by Crippen LogP contribution is 2.17. The fraction of sp³-hybridized carbons (Fsp3) is 0.615. The predicted octanol–water partition coefficient (Wildman–Crippen LogP) is 2.98. The Kier molecular flexibility index (Phi) is 4.12. The van der Waals surface area contributed by atoms with E-state index in [1.807, 2.05) is 0 Å². The van der Waals surface area contributed by atoms with E-state index in [1.165, 1.54) is 12.8 Å². The van der Waals surface area contributed by atoms with Gasteiger partial charge in [-0.15, -0.1) is 0 Å². The van der Waals surface area contributed by atoms with Gasteiger partial charge in [0.2, 0.25) is 0 Å². The minimum atomic E-state index is 0.408. The maximum atomic E-state index is 4.27. The smallest absolute Gasteiger partial charge is 0.182 e. The fourth-order valence-corrected chi connectivity index (χ4v) is 2.01. The van der Waals surface area contributed by atoms with Gasteiger partial charge in [-0.2, -0.15) is 0 Å². The minimum Gasteiger partial charge on any atom is -0.366 e. The second-order valence-corrected chi connectivity index (χ2v) is 5.19. The van der Waals surface area contributed by atoms with Gasteiger partial charge in [-0.1, -0.05) is 26.7 Å². The zero-order valence-electron chi connectivity index (χ0n) is 11.3. The van der Waals surface area contributed by atoms with E-state index in [0.717, 1.165) is 23.7 Å². The van der Waals surface area contributed by atoms with E-state index in [4.69, 9.17) is 0 Å². The summed E-state index contributed by atoms with van der Waals surface area (Å²) in [6, 6.07) is 0.408. The molecule has 5 nitrogen and oxygen atoms in total. The molecule has 0 bridgehead atoms. The van der Waals surface area contributed by atoms with Gasteiger partial charge in [0.15, 0.2) is 11.5 Å². The van der Waals surface area contributed by atoms with Gasteiger partial charge in [0.25, 0.3) is 0 Å². The summed E-state index contributed by atoms with van der Waals surface area (Å²) in [6.07, 6.45) is 6.86. The summed E-state index contributed by atoms with van der Waals surface area (Å²) < 4.78 is 0. The number of anilines is 1. The van der Waals surface area contributed by atoms with Gasteiger partial charge in [-0.3, -0.25) is 0 Å². The number of nitrogens with one attached hydrogen (secondary N) is 2. The van der Waals surface area contributed by atoms with E-state index in [1.54, 1.807) is 12.7 Å². The molecule has 5 heteroatoms. The van der Waals surface area contributed by atoms with Crippen LogP contribution in [-0.2, 0) is 0 Å². The third kappa shape index (κ3) is 3.18. The predicted molar refractivity (Wildman–Crippen MR) is 73.5 cm³/mol. The van der Waals surface area contributed by atoms with Crippen LogP contribution < -0.4 is 5.32 Å². The number of nitrogens with zero attached hydrogens (tertiary/aromatic N) is 3. The quantitative estimate of drug-likeness (QED) is 0.823. The molecule has 0 amide bonds. The number of imidazole rings is 1. The monoisotopic (exact) mass is 247 g/mol. The van der Waals surface area contributed by atoms with Crippen molar-refractivity contribution in [2.24, 2.45) is 5.92 Å². The molecule has 0 aliphatic rings. The Bertz CT molecular complexity index is 491. The van der Waals surface area contributed by atoms with Crippen molar-refractivity contribution in [1.29, 1.82) is 0 Å². The van der Waals surface area contributed by atoms with Crippen LogP contribution in [0.1, 0.15) is 40.0 Å². The molecular formula is C13H21N5. The summed E-state index contributed by atoms with van der Waals surface area (Å²) in [7, 11) is 0. The number of aromatic amines is 1. The summed E-state index contributed by atoms with van der Waals surface area (Å²) in [5.74, 6) is 1.62. The number of rotatable bonds is 6. The second kappa shape index (κ2) is 5.80. The van der Waals surface area contributed by atoms with Crippen LogP contribution >= 0.6 is 0 Å². The van der Waals surface area contributed by atoms with E-state index in [2.05, 4.69) is 46.0 Å². The SMILES string of the molecule is CC(C)CCCC(C)Nc1ncnc2nc[nH]c12. The molecule has 0 saturated heterocycles. The fourth-order valence-electron chi connectivity index (χ4n) is 2.01. The van der Waals surface area contributed by atoms with Crippen LogP contribution in [0.25, 0.3) is 11.2 Å². The molecule has 2 rings (SSSR count). The Morgan fingerprint density at radius 3 is 2.78 bits per heavy atom.